The minimum Gasteiger partial charge on any atom is -0.497 e. The lowest BCUT2D eigenvalue weighted by atomic mass is 9.87. The molecular formula is C13H18N2O. The summed E-state index contributed by atoms with van der Waals surface area (Å²) in [6.45, 7) is 3.40. The van der Waals surface area contributed by atoms with E-state index in [0.29, 0.717) is 5.92 Å². The van der Waals surface area contributed by atoms with Gasteiger partial charge in [-0.25, -0.2) is 0 Å². The van der Waals surface area contributed by atoms with Crippen LogP contribution in [0.5, 0.6) is 5.75 Å². The Morgan fingerprint density at radius 3 is 3.00 bits per heavy atom. The Bertz CT molecular complexity index is 386. The monoisotopic (exact) mass is 218 g/mol. The number of ether oxygens (including phenoxy) is 1. The minimum atomic E-state index is 0.653. The summed E-state index contributed by atoms with van der Waals surface area (Å²) >= 11 is 0. The van der Waals surface area contributed by atoms with Crippen LogP contribution in [-0.2, 0) is 0 Å². The van der Waals surface area contributed by atoms with Crippen molar-refractivity contribution in [1.29, 1.82) is 0 Å². The summed E-state index contributed by atoms with van der Waals surface area (Å²) in [7, 11) is 1.73. The van der Waals surface area contributed by atoms with Crippen molar-refractivity contribution < 1.29 is 4.74 Å². The Labute approximate surface area is 96.2 Å². The van der Waals surface area contributed by atoms with Gasteiger partial charge >= 0.3 is 0 Å². The first-order valence-electron chi connectivity index (χ1n) is 6.01. The second-order valence-corrected chi connectivity index (χ2v) is 4.69. The van der Waals surface area contributed by atoms with Gasteiger partial charge < -0.3 is 15.4 Å². The standard InChI is InChI=1S/C13H18N2O/c1-16-10-2-3-13-11(6-10)12(8-15-13)9-4-5-14-7-9/h2-3,6,9,12,14-15H,4-5,7-8H2,1H3. The van der Waals surface area contributed by atoms with Crippen LogP contribution in [0.1, 0.15) is 17.9 Å². The Morgan fingerprint density at radius 1 is 1.31 bits per heavy atom. The van der Waals surface area contributed by atoms with Crippen molar-refractivity contribution in [3.8, 4) is 5.75 Å². The molecule has 0 aromatic heterocycles. The number of methoxy groups -OCH3 is 1. The molecule has 2 unspecified atom stereocenters. The number of hydrogen-bond acceptors (Lipinski definition) is 3. The normalized spacial score (nSPS) is 27.6. The van der Waals surface area contributed by atoms with Crippen molar-refractivity contribution in [2.75, 3.05) is 32.1 Å². The smallest absolute Gasteiger partial charge is 0.119 e. The second kappa shape index (κ2) is 3.98. The SMILES string of the molecule is COc1ccc2c(c1)C(C1CCNC1)CN2. The Morgan fingerprint density at radius 2 is 2.25 bits per heavy atom. The van der Waals surface area contributed by atoms with Gasteiger partial charge in [0.2, 0.25) is 0 Å². The molecule has 2 aliphatic heterocycles. The molecule has 0 aliphatic carbocycles. The molecule has 3 nitrogen and oxygen atoms in total. The Balaban J connectivity index is 1.90. The van der Waals surface area contributed by atoms with Gasteiger partial charge in [-0.1, -0.05) is 0 Å². The predicted molar refractivity (Wildman–Crippen MR) is 65.2 cm³/mol. The summed E-state index contributed by atoms with van der Waals surface area (Å²) in [6.07, 6.45) is 1.29. The van der Waals surface area contributed by atoms with E-state index in [1.165, 1.54) is 24.2 Å². The topological polar surface area (TPSA) is 33.3 Å². The predicted octanol–water partition coefficient (Wildman–Crippen LogP) is 1.81. The molecule has 86 valence electrons. The molecule has 0 spiro atoms. The van der Waals surface area contributed by atoms with Crippen LogP contribution in [0.3, 0.4) is 0 Å². The average molecular weight is 218 g/mol. The van der Waals surface area contributed by atoms with Crippen LogP contribution in [0.15, 0.2) is 18.2 Å². The van der Waals surface area contributed by atoms with Crippen molar-refractivity contribution >= 4 is 5.69 Å². The highest BCUT2D eigenvalue weighted by Gasteiger charge is 2.31. The van der Waals surface area contributed by atoms with E-state index < -0.39 is 0 Å². The first-order chi connectivity index (χ1) is 7.88. The van der Waals surface area contributed by atoms with Crippen molar-refractivity contribution in [2.24, 2.45) is 5.92 Å². The Kier molecular flexibility index (Phi) is 2.48. The molecule has 0 amide bonds. The maximum absolute atomic E-state index is 5.31. The van der Waals surface area contributed by atoms with Gasteiger partial charge in [0.1, 0.15) is 5.75 Å². The highest BCUT2D eigenvalue weighted by molar-refractivity contribution is 5.60. The summed E-state index contributed by atoms with van der Waals surface area (Å²) in [5, 5.41) is 6.94. The Hall–Kier alpha value is -1.22. The molecule has 2 atom stereocenters. The van der Waals surface area contributed by atoms with Crippen molar-refractivity contribution in [2.45, 2.75) is 12.3 Å². The van der Waals surface area contributed by atoms with Gasteiger partial charge in [-0.15, -0.1) is 0 Å². The highest BCUT2D eigenvalue weighted by atomic mass is 16.5. The highest BCUT2D eigenvalue weighted by Crippen LogP contribution is 2.40. The van der Waals surface area contributed by atoms with Crippen LogP contribution < -0.4 is 15.4 Å². The lowest BCUT2D eigenvalue weighted by Crippen LogP contribution is -2.17. The lowest BCUT2D eigenvalue weighted by Gasteiger charge is -2.17. The lowest BCUT2D eigenvalue weighted by molar-refractivity contribution is 0.412. The van der Waals surface area contributed by atoms with Crippen LogP contribution in [0, 0.1) is 5.92 Å². The van der Waals surface area contributed by atoms with E-state index in [4.69, 9.17) is 4.74 Å². The zero-order chi connectivity index (χ0) is 11.0. The molecule has 1 aromatic rings. The third kappa shape index (κ3) is 1.55. The maximum Gasteiger partial charge on any atom is 0.119 e. The van der Waals surface area contributed by atoms with Crippen molar-refractivity contribution in [3.05, 3.63) is 23.8 Å². The molecule has 1 saturated heterocycles. The minimum absolute atomic E-state index is 0.653. The number of fused-ring (bicyclic) bond motifs is 1. The summed E-state index contributed by atoms with van der Waals surface area (Å²) in [6, 6.07) is 6.36. The van der Waals surface area contributed by atoms with Crippen molar-refractivity contribution in [3.63, 3.8) is 0 Å². The second-order valence-electron chi connectivity index (χ2n) is 4.69. The molecular weight excluding hydrogens is 200 g/mol. The zero-order valence-corrected chi connectivity index (χ0v) is 9.62. The molecule has 1 aromatic carbocycles. The third-order valence-corrected chi connectivity index (χ3v) is 3.84. The van der Waals surface area contributed by atoms with E-state index >= 15 is 0 Å². The first kappa shape index (κ1) is 9.97. The van der Waals surface area contributed by atoms with Crippen molar-refractivity contribution in [1.82, 2.24) is 5.32 Å². The molecule has 0 radical (unpaired) electrons. The molecule has 1 fully saturated rings. The van der Waals surface area contributed by atoms with E-state index in [1.54, 1.807) is 7.11 Å². The summed E-state index contributed by atoms with van der Waals surface area (Å²) < 4.78 is 5.31. The molecule has 3 rings (SSSR count). The quantitative estimate of drug-likeness (QED) is 0.794. The molecule has 2 N–H and O–H groups in total. The van der Waals surface area contributed by atoms with Crippen LogP contribution >= 0.6 is 0 Å². The number of benzene rings is 1. The van der Waals surface area contributed by atoms with Gasteiger partial charge in [-0.05, 0) is 49.2 Å². The molecule has 16 heavy (non-hydrogen) atoms. The number of anilines is 1. The van der Waals surface area contributed by atoms with E-state index in [1.807, 2.05) is 6.07 Å². The van der Waals surface area contributed by atoms with Gasteiger partial charge in [0.15, 0.2) is 0 Å². The maximum atomic E-state index is 5.31. The molecule has 0 saturated carbocycles. The van der Waals surface area contributed by atoms with Crippen LogP contribution in [0.2, 0.25) is 0 Å². The van der Waals surface area contributed by atoms with Gasteiger partial charge in [-0.2, -0.15) is 0 Å². The molecule has 3 heteroatoms. The molecule has 2 aliphatic rings. The van der Waals surface area contributed by atoms with E-state index in [2.05, 4.69) is 22.8 Å². The van der Waals surface area contributed by atoms with Crippen LogP contribution in [0.25, 0.3) is 0 Å². The van der Waals surface area contributed by atoms with Gasteiger partial charge in [0.05, 0.1) is 7.11 Å². The fourth-order valence-corrected chi connectivity index (χ4v) is 2.91. The summed E-state index contributed by atoms with van der Waals surface area (Å²) in [4.78, 5) is 0. The van der Waals surface area contributed by atoms with E-state index in [0.717, 1.165) is 24.8 Å². The van der Waals surface area contributed by atoms with E-state index in [9.17, 15) is 0 Å². The summed E-state index contributed by atoms with van der Waals surface area (Å²) in [5.74, 6) is 2.40. The number of hydrogen-bond donors (Lipinski definition) is 2. The number of nitrogens with one attached hydrogen (secondary N) is 2. The largest absolute Gasteiger partial charge is 0.497 e. The van der Waals surface area contributed by atoms with Crippen LogP contribution in [0.4, 0.5) is 5.69 Å². The fourth-order valence-electron chi connectivity index (χ4n) is 2.91. The fraction of sp³-hybridized carbons (Fsp3) is 0.538. The number of rotatable bonds is 2. The molecule has 2 heterocycles. The first-order valence-corrected chi connectivity index (χ1v) is 6.01. The van der Waals surface area contributed by atoms with Gasteiger partial charge in [-0.3, -0.25) is 0 Å². The van der Waals surface area contributed by atoms with E-state index in [-0.39, 0.29) is 0 Å². The third-order valence-electron chi connectivity index (χ3n) is 3.84. The average Bonchev–Trinajstić information content (AvgIpc) is 2.96. The van der Waals surface area contributed by atoms with Gasteiger partial charge in [0.25, 0.3) is 0 Å². The molecule has 0 bridgehead atoms. The van der Waals surface area contributed by atoms with Gasteiger partial charge in [0, 0.05) is 18.2 Å². The zero-order valence-electron chi connectivity index (χ0n) is 9.62. The summed E-state index contributed by atoms with van der Waals surface area (Å²) in [5.41, 5.74) is 2.73. The van der Waals surface area contributed by atoms with Crippen LogP contribution in [-0.4, -0.2) is 26.7 Å².